The molecule has 2 amide bonds. The van der Waals surface area contributed by atoms with Gasteiger partial charge in [-0.3, -0.25) is 9.59 Å². The molecule has 40 heavy (non-hydrogen) atoms. The van der Waals surface area contributed by atoms with Gasteiger partial charge in [0.2, 0.25) is 5.91 Å². The minimum absolute atomic E-state index is 0.0540. The van der Waals surface area contributed by atoms with Gasteiger partial charge in [-0.05, 0) is 60.9 Å². The summed E-state index contributed by atoms with van der Waals surface area (Å²) >= 11 is 0. The van der Waals surface area contributed by atoms with Crippen LogP contribution in [-0.2, 0) is 16.0 Å². The first-order valence-electron chi connectivity index (χ1n) is 13.2. The summed E-state index contributed by atoms with van der Waals surface area (Å²) in [6, 6.07) is 11.0. The van der Waals surface area contributed by atoms with E-state index < -0.39 is 23.8 Å². The molecule has 1 fully saturated rings. The fourth-order valence-electron chi connectivity index (χ4n) is 5.27. The lowest BCUT2D eigenvalue weighted by atomic mass is 9.95. The number of hydrogen-bond donors (Lipinski definition) is 4. The number of aromatic hydroxyl groups is 1. The standard InChI is InChI=1S/C30H30N4O6/c31-28(38)24(15-18-6-10-26(35)19(14-18)8-11-27(36)37)33-30(39)20-7-9-25-23(16-20)32-29(21-12-13-40-17-21)34(25)22-4-2-1-3-5-22/h6-14,16-17,22,24,35H,1-5,15H2,(H2,31,38)(H,33,39)(H,36,37)/b11-8+. The van der Waals surface area contributed by atoms with E-state index in [9.17, 15) is 19.5 Å². The van der Waals surface area contributed by atoms with Crippen molar-refractivity contribution in [3.63, 3.8) is 0 Å². The summed E-state index contributed by atoms with van der Waals surface area (Å²) in [6.45, 7) is 0. The molecule has 1 atom stereocenters. The van der Waals surface area contributed by atoms with E-state index in [1.165, 1.54) is 24.6 Å². The molecule has 0 aliphatic heterocycles. The molecular weight excluding hydrogens is 512 g/mol. The third-order valence-electron chi connectivity index (χ3n) is 7.26. The molecule has 5 rings (SSSR count). The second kappa shape index (κ2) is 11.5. The number of rotatable bonds is 9. The fraction of sp³-hybridized carbons (Fsp3) is 0.267. The number of carbonyl (C=O) groups is 3. The number of primary amides is 1. The highest BCUT2D eigenvalue weighted by atomic mass is 16.4. The summed E-state index contributed by atoms with van der Waals surface area (Å²) in [4.78, 5) is 41.2. The monoisotopic (exact) mass is 542 g/mol. The number of carboxylic acid groups (broad SMARTS) is 1. The van der Waals surface area contributed by atoms with Crippen molar-refractivity contribution in [1.82, 2.24) is 14.9 Å². The predicted molar refractivity (Wildman–Crippen MR) is 148 cm³/mol. The number of aliphatic carboxylic acids is 1. The first kappa shape index (κ1) is 26.7. The average molecular weight is 543 g/mol. The first-order valence-corrected chi connectivity index (χ1v) is 13.2. The maximum atomic E-state index is 13.2. The SMILES string of the molecule is NC(=O)C(Cc1ccc(O)c(/C=C/C(=O)O)c1)NC(=O)c1ccc2c(c1)nc(-c1ccoc1)n2C1CCCCC1. The molecule has 1 saturated carbocycles. The molecule has 0 saturated heterocycles. The summed E-state index contributed by atoms with van der Waals surface area (Å²) < 4.78 is 7.56. The second-order valence-electron chi connectivity index (χ2n) is 10.0. The van der Waals surface area contributed by atoms with Gasteiger partial charge in [-0.15, -0.1) is 0 Å². The van der Waals surface area contributed by atoms with Crippen molar-refractivity contribution in [3.05, 3.63) is 77.8 Å². The van der Waals surface area contributed by atoms with Crippen LogP contribution in [0.4, 0.5) is 0 Å². The summed E-state index contributed by atoms with van der Waals surface area (Å²) in [5, 5.41) is 21.6. The van der Waals surface area contributed by atoms with Crippen LogP contribution in [0.1, 0.15) is 59.6 Å². The number of benzene rings is 2. The van der Waals surface area contributed by atoms with Crippen LogP contribution >= 0.6 is 0 Å². The Hall–Kier alpha value is -4.86. The van der Waals surface area contributed by atoms with Crippen LogP contribution in [0.25, 0.3) is 28.5 Å². The molecular formula is C30H30N4O6. The van der Waals surface area contributed by atoms with E-state index >= 15 is 0 Å². The van der Waals surface area contributed by atoms with Crippen LogP contribution in [-0.4, -0.2) is 43.6 Å². The van der Waals surface area contributed by atoms with Gasteiger partial charge in [0.15, 0.2) is 0 Å². The molecule has 206 valence electrons. The smallest absolute Gasteiger partial charge is 0.328 e. The number of aromatic nitrogens is 2. The molecule has 1 unspecified atom stereocenters. The number of imidazole rings is 1. The minimum Gasteiger partial charge on any atom is -0.507 e. The van der Waals surface area contributed by atoms with Crippen molar-refractivity contribution in [2.24, 2.45) is 5.73 Å². The average Bonchev–Trinajstić information content (AvgIpc) is 3.61. The van der Waals surface area contributed by atoms with Gasteiger partial charge in [-0.25, -0.2) is 9.78 Å². The Bertz CT molecular complexity index is 1580. The Morgan fingerprint density at radius 1 is 1.12 bits per heavy atom. The van der Waals surface area contributed by atoms with Crippen LogP contribution in [0.2, 0.25) is 0 Å². The van der Waals surface area contributed by atoms with E-state index in [1.807, 2.05) is 12.1 Å². The van der Waals surface area contributed by atoms with Crippen molar-refractivity contribution < 1.29 is 29.0 Å². The molecule has 10 nitrogen and oxygen atoms in total. The summed E-state index contributed by atoms with van der Waals surface area (Å²) in [5.41, 5.74) is 9.25. The van der Waals surface area contributed by atoms with Crippen LogP contribution in [0, 0.1) is 0 Å². The molecule has 2 aromatic heterocycles. The fourth-order valence-corrected chi connectivity index (χ4v) is 5.27. The maximum absolute atomic E-state index is 13.2. The number of hydrogen-bond acceptors (Lipinski definition) is 6. The number of nitrogens with zero attached hydrogens (tertiary/aromatic N) is 2. The van der Waals surface area contributed by atoms with Gasteiger partial charge in [-0.2, -0.15) is 0 Å². The number of amides is 2. The number of nitrogens with one attached hydrogen (secondary N) is 1. The molecule has 0 radical (unpaired) electrons. The second-order valence-corrected chi connectivity index (χ2v) is 10.0. The van der Waals surface area contributed by atoms with Gasteiger partial charge in [0.05, 0.1) is 22.9 Å². The molecule has 2 aromatic carbocycles. The number of carbonyl (C=O) groups excluding carboxylic acids is 2. The first-order chi connectivity index (χ1) is 19.3. The van der Waals surface area contributed by atoms with E-state index in [0.29, 0.717) is 22.7 Å². The predicted octanol–water partition coefficient (Wildman–Crippen LogP) is 4.43. The zero-order valence-electron chi connectivity index (χ0n) is 21.7. The topological polar surface area (TPSA) is 161 Å². The molecule has 1 aliphatic carbocycles. The molecule has 1 aliphatic rings. The number of phenolic OH excluding ortho intramolecular Hbond substituents is 1. The Kier molecular flexibility index (Phi) is 7.68. The molecule has 10 heteroatoms. The van der Waals surface area contributed by atoms with Crippen LogP contribution in [0.15, 0.2) is 65.5 Å². The summed E-state index contributed by atoms with van der Waals surface area (Å²) in [5.74, 6) is -1.69. The largest absolute Gasteiger partial charge is 0.507 e. The Balaban J connectivity index is 1.40. The highest BCUT2D eigenvalue weighted by Gasteiger charge is 2.25. The maximum Gasteiger partial charge on any atom is 0.328 e. The van der Waals surface area contributed by atoms with Crippen LogP contribution in [0.5, 0.6) is 5.75 Å². The minimum atomic E-state index is -1.16. The number of phenols is 1. The van der Waals surface area contributed by atoms with Gasteiger partial charge in [0.25, 0.3) is 5.91 Å². The third-order valence-corrected chi connectivity index (χ3v) is 7.26. The lowest BCUT2D eigenvalue weighted by molar-refractivity contribution is -0.131. The Morgan fingerprint density at radius 2 is 1.93 bits per heavy atom. The Morgan fingerprint density at radius 3 is 2.62 bits per heavy atom. The zero-order chi connectivity index (χ0) is 28.2. The van der Waals surface area contributed by atoms with E-state index in [1.54, 1.807) is 30.7 Å². The highest BCUT2D eigenvalue weighted by Crippen LogP contribution is 2.36. The van der Waals surface area contributed by atoms with Gasteiger partial charge in [-0.1, -0.05) is 25.3 Å². The Labute approximate surface area is 230 Å². The van der Waals surface area contributed by atoms with E-state index in [0.717, 1.165) is 48.7 Å². The number of carboxylic acids is 1. The van der Waals surface area contributed by atoms with Gasteiger partial charge in [0, 0.05) is 29.7 Å². The normalized spacial score (nSPS) is 14.9. The lowest BCUT2D eigenvalue weighted by Crippen LogP contribution is -2.45. The molecule has 0 spiro atoms. The lowest BCUT2D eigenvalue weighted by Gasteiger charge is -2.25. The van der Waals surface area contributed by atoms with Crippen molar-refractivity contribution in [2.45, 2.75) is 50.6 Å². The molecule has 4 aromatic rings. The van der Waals surface area contributed by atoms with Crippen molar-refractivity contribution >= 4 is 34.9 Å². The molecule has 0 bridgehead atoms. The van der Waals surface area contributed by atoms with Crippen molar-refractivity contribution in [2.75, 3.05) is 0 Å². The summed E-state index contributed by atoms with van der Waals surface area (Å²) in [6.07, 6.45) is 11.1. The summed E-state index contributed by atoms with van der Waals surface area (Å²) in [7, 11) is 0. The third kappa shape index (κ3) is 5.75. The zero-order valence-corrected chi connectivity index (χ0v) is 21.7. The molecule has 5 N–H and O–H groups in total. The van der Waals surface area contributed by atoms with E-state index in [2.05, 4.69) is 9.88 Å². The highest BCUT2D eigenvalue weighted by molar-refractivity contribution is 6.00. The van der Waals surface area contributed by atoms with Crippen molar-refractivity contribution in [3.8, 4) is 17.1 Å². The van der Waals surface area contributed by atoms with Crippen molar-refractivity contribution in [1.29, 1.82) is 0 Å². The number of furan rings is 1. The van der Waals surface area contributed by atoms with Gasteiger partial charge >= 0.3 is 5.97 Å². The van der Waals surface area contributed by atoms with Crippen LogP contribution in [0.3, 0.4) is 0 Å². The van der Waals surface area contributed by atoms with Gasteiger partial charge in [0.1, 0.15) is 23.9 Å². The van der Waals surface area contributed by atoms with Gasteiger partial charge < -0.3 is 30.2 Å². The van der Waals surface area contributed by atoms with E-state index in [4.69, 9.17) is 20.2 Å². The van der Waals surface area contributed by atoms with E-state index in [-0.39, 0.29) is 17.7 Å². The molecule has 2 heterocycles. The number of nitrogens with two attached hydrogens (primary N) is 1. The quantitative estimate of drug-likeness (QED) is 0.228. The number of fused-ring (bicyclic) bond motifs is 1. The van der Waals surface area contributed by atoms with Crippen LogP contribution < -0.4 is 11.1 Å².